The molecule has 0 saturated carbocycles. The first-order chi connectivity index (χ1) is 10.2. The molecule has 3 heteroatoms. The lowest BCUT2D eigenvalue weighted by Crippen LogP contribution is -2.09. The van der Waals surface area contributed by atoms with Crippen molar-refractivity contribution in [3.63, 3.8) is 0 Å². The quantitative estimate of drug-likeness (QED) is 0.782. The molecule has 0 unspecified atom stereocenters. The molecule has 0 bridgehead atoms. The van der Waals surface area contributed by atoms with Crippen LogP contribution < -0.4 is 9.47 Å². The highest BCUT2D eigenvalue weighted by atomic mass is 16.5. The van der Waals surface area contributed by atoms with E-state index in [-0.39, 0.29) is 5.92 Å². The minimum atomic E-state index is -0.146. The Bertz CT molecular complexity index is 509. The van der Waals surface area contributed by atoms with Crippen LogP contribution in [0.1, 0.15) is 11.1 Å². The Morgan fingerprint density at radius 1 is 0.810 bits per heavy atom. The molecular formula is C18H19O3. The summed E-state index contributed by atoms with van der Waals surface area (Å²) < 4.78 is 10.3. The summed E-state index contributed by atoms with van der Waals surface area (Å²) in [4.78, 5) is 11.2. The van der Waals surface area contributed by atoms with Gasteiger partial charge in [0.15, 0.2) is 0 Å². The number of hydrogen-bond donors (Lipinski definition) is 0. The molecule has 21 heavy (non-hydrogen) atoms. The molecule has 0 aliphatic rings. The number of carbonyl (C=O) groups excluding carboxylic acids is 1. The van der Waals surface area contributed by atoms with Crippen molar-refractivity contribution in [2.45, 2.75) is 12.8 Å². The predicted molar refractivity (Wildman–Crippen MR) is 82.6 cm³/mol. The molecule has 0 aromatic heterocycles. The van der Waals surface area contributed by atoms with Crippen LogP contribution in [0.5, 0.6) is 11.5 Å². The van der Waals surface area contributed by atoms with E-state index in [1.165, 1.54) is 0 Å². The lowest BCUT2D eigenvalue weighted by molar-refractivity contribution is 0.414. The van der Waals surface area contributed by atoms with E-state index in [9.17, 15) is 4.79 Å². The summed E-state index contributed by atoms with van der Waals surface area (Å²) >= 11 is 0. The van der Waals surface area contributed by atoms with Crippen molar-refractivity contribution in [3.8, 4) is 11.5 Å². The summed E-state index contributed by atoms with van der Waals surface area (Å²) in [5.41, 5.74) is 2.22. The third-order valence-corrected chi connectivity index (χ3v) is 3.45. The van der Waals surface area contributed by atoms with Crippen molar-refractivity contribution in [1.82, 2.24) is 0 Å². The summed E-state index contributed by atoms with van der Waals surface area (Å²) in [7, 11) is 3.28. The highest BCUT2D eigenvalue weighted by molar-refractivity contribution is 5.56. The van der Waals surface area contributed by atoms with Crippen molar-refractivity contribution >= 4 is 6.29 Å². The second-order valence-electron chi connectivity index (χ2n) is 4.92. The first kappa shape index (κ1) is 15.1. The lowest BCUT2D eigenvalue weighted by Gasteiger charge is -2.11. The molecule has 1 radical (unpaired) electrons. The van der Waals surface area contributed by atoms with Gasteiger partial charge < -0.3 is 9.47 Å². The maximum absolute atomic E-state index is 11.2. The van der Waals surface area contributed by atoms with Gasteiger partial charge in [0, 0.05) is 5.92 Å². The molecule has 0 saturated heterocycles. The summed E-state index contributed by atoms with van der Waals surface area (Å²) in [5, 5.41) is 0. The summed E-state index contributed by atoms with van der Waals surface area (Å²) in [5.74, 6) is 1.49. The predicted octanol–water partition coefficient (Wildman–Crippen LogP) is 3.21. The third kappa shape index (κ3) is 4.35. The minimum Gasteiger partial charge on any atom is -0.497 e. The summed E-state index contributed by atoms with van der Waals surface area (Å²) in [6.45, 7) is 0. The molecule has 109 valence electrons. The van der Waals surface area contributed by atoms with E-state index in [1.807, 2.05) is 48.5 Å². The van der Waals surface area contributed by atoms with Crippen molar-refractivity contribution in [3.05, 3.63) is 59.7 Å². The van der Waals surface area contributed by atoms with E-state index in [0.29, 0.717) is 12.8 Å². The second kappa shape index (κ2) is 7.48. The van der Waals surface area contributed by atoms with E-state index in [4.69, 9.17) is 9.47 Å². The average Bonchev–Trinajstić information content (AvgIpc) is 2.55. The van der Waals surface area contributed by atoms with E-state index in [0.717, 1.165) is 22.6 Å². The SMILES string of the molecule is COc1ccc(CC([C]=O)Cc2ccc(OC)cc2)cc1. The Morgan fingerprint density at radius 3 is 1.48 bits per heavy atom. The topological polar surface area (TPSA) is 35.5 Å². The monoisotopic (exact) mass is 283 g/mol. The van der Waals surface area contributed by atoms with Gasteiger partial charge in [-0.15, -0.1) is 0 Å². The van der Waals surface area contributed by atoms with E-state index >= 15 is 0 Å². The molecule has 0 amide bonds. The van der Waals surface area contributed by atoms with Gasteiger partial charge in [-0.1, -0.05) is 24.3 Å². The van der Waals surface area contributed by atoms with E-state index in [1.54, 1.807) is 14.2 Å². The Kier molecular flexibility index (Phi) is 5.38. The third-order valence-electron chi connectivity index (χ3n) is 3.45. The molecule has 2 rings (SSSR count). The van der Waals surface area contributed by atoms with Crippen LogP contribution in [0.3, 0.4) is 0 Å². The number of rotatable bonds is 7. The molecule has 2 aromatic carbocycles. The van der Waals surface area contributed by atoms with Crippen LogP contribution in [0, 0.1) is 5.92 Å². The summed E-state index contributed by atoms with van der Waals surface area (Å²) in [6.07, 6.45) is 3.50. The molecule has 0 spiro atoms. The van der Waals surface area contributed by atoms with E-state index in [2.05, 4.69) is 6.29 Å². The van der Waals surface area contributed by atoms with Gasteiger partial charge in [-0.25, -0.2) is 0 Å². The first-order valence-electron chi connectivity index (χ1n) is 6.88. The van der Waals surface area contributed by atoms with Crippen LogP contribution in [0.2, 0.25) is 0 Å². The van der Waals surface area contributed by atoms with Crippen LogP contribution in [0.25, 0.3) is 0 Å². The maximum Gasteiger partial charge on any atom is 0.202 e. The standard InChI is InChI=1S/C18H19O3/c1-20-17-7-3-14(4-8-17)11-16(13-19)12-15-5-9-18(21-2)10-6-15/h3-10,16H,11-12H2,1-2H3. The van der Waals surface area contributed by atoms with Crippen LogP contribution in [-0.2, 0) is 17.6 Å². The number of benzene rings is 2. The fourth-order valence-corrected chi connectivity index (χ4v) is 2.25. The minimum absolute atomic E-state index is 0.146. The van der Waals surface area contributed by atoms with Gasteiger partial charge in [0.25, 0.3) is 0 Å². The number of methoxy groups -OCH3 is 2. The van der Waals surface area contributed by atoms with Gasteiger partial charge in [0.05, 0.1) is 14.2 Å². The molecule has 0 aliphatic carbocycles. The highest BCUT2D eigenvalue weighted by Gasteiger charge is 2.11. The molecule has 0 aliphatic heterocycles. The zero-order valence-corrected chi connectivity index (χ0v) is 12.3. The zero-order chi connectivity index (χ0) is 15.1. The van der Waals surface area contributed by atoms with Crippen molar-refractivity contribution in [2.75, 3.05) is 14.2 Å². The Balaban J connectivity index is 1.99. The fourth-order valence-electron chi connectivity index (χ4n) is 2.25. The second-order valence-corrected chi connectivity index (χ2v) is 4.92. The highest BCUT2D eigenvalue weighted by Crippen LogP contribution is 2.18. The largest absolute Gasteiger partial charge is 0.497 e. The van der Waals surface area contributed by atoms with E-state index < -0.39 is 0 Å². The lowest BCUT2D eigenvalue weighted by atomic mass is 9.94. The normalized spacial score (nSPS) is 10.4. The molecule has 0 atom stereocenters. The Hall–Kier alpha value is -2.29. The van der Waals surface area contributed by atoms with Gasteiger partial charge >= 0.3 is 0 Å². The Labute approximate surface area is 125 Å². The molecule has 0 N–H and O–H groups in total. The van der Waals surface area contributed by atoms with Crippen molar-refractivity contribution in [2.24, 2.45) is 5.92 Å². The first-order valence-corrected chi connectivity index (χ1v) is 6.88. The van der Waals surface area contributed by atoms with Crippen LogP contribution in [0.15, 0.2) is 48.5 Å². The number of hydrogen-bond acceptors (Lipinski definition) is 3. The van der Waals surface area contributed by atoms with Crippen LogP contribution >= 0.6 is 0 Å². The van der Waals surface area contributed by atoms with Gasteiger partial charge in [-0.2, -0.15) is 0 Å². The average molecular weight is 283 g/mol. The number of ether oxygens (including phenoxy) is 2. The van der Waals surface area contributed by atoms with Gasteiger partial charge in [0.1, 0.15) is 11.5 Å². The zero-order valence-electron chi connectivity index (χ0n) is 12.3. The van der Waals surface area contributed by atoms with Gasteiger partial charge in [-0.05, 0) is 48.2 Å². The molecule has 0 heterocycles. The van der Waals surface area contributed by atoms with Crippen LogP contribution in [-0.4, -0.2) is 20.5 Å². The van der Waals surface area contributed by atoms with Gasteiger partial charge in [-0.3, -0.25) is 4.79 Å². The Morgan fingerprint density at radius 2 is 1.19 bits per heavy atom. The molecular weight excluding hydrogens is 264 g/mol. The fraction of sp³-hybridized carbons (Fsp3) is 0.278. The maximum atomic E-state index is 11.2. The van der Waals surface area contributed by atoms with Crippen LogP contribution in [0.4, 0.5) is 0 Å². The molecule has 0 fully saturated rings. The van der Waals surface area contributed by atoms with Crippen molar-refractivity contribution < 1.29 is 14.3 Å². The smallest absolute Gasteiger partial charge is 0.202 e. The summed E-state index contributed by atoms with van der Waals surface area (Å²) in [6, 6.07) is 15.6. The van der Waals surface area contributed by atoms with Gasteiger partial charge in [0.2, 0.25) is 6.29 Å². The van der Waals surface area contributed by atoms with Crippen molar-refractivity contribution in [1.29, 1.82) is 0 Å². The molecule has 3 nitrogen and oxygen atoms in total. The molecule has 2 aromatic rings.